The molecule has 1 aliphatic heterocycles. The number of amides is 1. The predicted octanol–water partition coefficient (Wildman–Crippen LogP) is 2.95. The Morgan fingerprint density at radius 3 is 2.96 bits per heavy atom. The van der Waals surface area contributed by atoms with Crippen molar-refractivity contribution < 1.29 is 32.3 Å². The van der Waals surface area contributed by atoms with Gasteiger partial charge in [0.05, 0.1) is 12.5 Å². The lowest BCUT2D eigenvalue weighted by molar-refractivity contribution is -0.149. The lowest BCUT2D eigenvalue weighted by atomic mass is 9.98. The molecule has 150 valence electrons. The van der Waals surface area contributed by atoms with Crippen LogP contribution in [0, 0.1) is 17.6 Å². The summed E-state index contributed by atoms with van der Waals surface area (Å²) in [6, 6.07) is 3.57. The number of piperidine rings is 1. The minimum atomic E-state index is -1.11. The summed E-state index contributed by atoms with van der Waals surface area (Å²) in [6.45, 7) is 2.52. The third-order valence-electron chi connectivity index (χ3n) is 4.37. The summed E-state index contributed by atoms with van der Waals surface area (Å²) in [5.41, 5.74) is 0.0582. The minimum absolute atomic E-state index is 0.0472. The summed E-state index contributed by atoms with van der Waals surface area (Å²) in [4.78, 5) is 30.1. The summed E-state index contributed by atoms with van der Waals surface area (Å²) >= 11 is 0. The second-order valence-electron chi connectivity index (χ2n) is 6.31. The topological polar surface area (TPSA) is 81.9 Å². The van der Waals surface area contributed by atoms with E-state index in [9.17, 15) is 18.4 Å². The molecule has 1 aromatic carbocycles. The van der Waals surface area contributed by atoms with Crippen molar-refractivity contribution in [3.8, 4) is 5.75 Å². The zero-order chi connectivity index (χ0) is 20.1. The maximum atomic E-state index is 13.6. The molecule has 1 fully saturated rings. The Hall–Kier alpha value is -2.97. The van der Waals surface area contributed by atoms with E-state index in [-0.39, 0.29) is 48.3 Å². The molecule has 28 heavy (non-hydrogen) atoms. The number of halogens is 2. The molecule has 9 heteroatoms. The van der Waals surface area contributed by atoms with Crippen LogP contribution in [-0.4, -0.2) is 41.5 Å². The van der Waals surface area contributed by atoms with Crippen molar-refractivity contribution in [2.24, 2.45) is 5.92 Å². The van der Waals surface area contributed by atoms with E-state index in [1.807, 2.05) is 0 Å². The van der Waals surface area contributed by atoms with E-state index < -0.39 is 11.6 Å². The summed E-state index contributed by atoms with van der Waals surface area (Å²) in [7, 11) is 0. The van der Waals surface area contributed by atoms with Crippen LogP contribution >= 0.6 is 0 Å². The van der Waals surface area contributed by atoms with Crippen molar-refractivity contribution in [2.45, 2.75) is 26.4 Å². The zero-order valence-electron chi connectivity index (χ0n) is 15.3. The number of aromatic nitrogens is 1. The first-order chi connectivity index (χ1) is 13.5. The molecular weight excluding hydrogens is 374 g/mol. The maximum Gasteiger partial charge on any atom is 0.310 e. The van der Waals surface area contributed by atoms with Gasteiger partial charge in [-0.25, -0.2) is 9.37 Å². The van der Waals surface area contributed by atoms with Crippen LogP contribution in [0.25, 0.3) is 0 Å². The molecule has 1 aromatic heterocycles. The zero-order valence-corrected chi connectivity index (χ0v) is 15.3. The number of benzene rings is 1. The van der Waals surface area contributed by atoms with E-state index >= 15 is 0 Å². The van der Waals surface area contributed by atoms with Crippen molar-refractivity contribution in [3.63, 3.8) is 0 Å². The molecule has 7 nitrogen and oxygen atoms in total. The Morgan fingerprint density at radius 2 is 2.18 bits per heavy atom. The Kier molecular flexibility index (Phi) is 6.23. The Labute approximate surface area is 160 Å². The molecule has 0 N–H and O–H groups in total. The molecule has 3 rings (SSSR count). The number of rotatable bonds is 6. The third kappa shape index (κ3) is 4.47. The smallest absolute Gasteiger partial charge is 0.310 e. The van der Waals surface area contributed by atoms with E-state index in [1.54, 1.807) is 6.92 Å². The lowest BCUT2D eigenvalue weighted by Gasteiger charge is -2.30. The van der Waals surface area contributed by atoms with Crippen molar-refractivity contribution in [2.75, 3.05) is 19.7 Å². The number of oxazole rings is 1. The Balaban J connectivity index is 1.60. The average Bonchev–Trinajstić information content (AvgIpc) is 3.18. The highest BCUT2D eigenvalue weighted by molar-refractivity contribution is 5.92. The van der Waals surface area contributed by atoms with E-state index in [1.165, 1.54) is 23.3 Å². The number of carbonyl (C=O) groups excluding carboxylic acids is 2. The van der Waals surface area contributed by atoms with Crippen molar-refractivity contribution in [1.82, 2.24) is 9.88 Å². The summed E-state index contributed by atoms with van der Waals surface area (Å²) in [6.07, 6.45) is 2.53. The predicted molar refractivity (Wildman–Crippen MR) is 92.5 cm³/mol. The van der Waals surface area contributed by atoms with Gasteiger partial charge in [0.2, 0.25) is 11.7 Å². The molecule has 1 atom stereocenters. The molecule has 1 unspecified atom stereocenters. The molecule has 0 aliphatic carbocycles. The fraction of sp³-hybridized carbons (Fsp3) is 0.421. The number of hydrogen-bond donors (Lipinski definition) is 0. The number of carbonyl (C=O) groups is 2. The molecule has 0 bridgehead atoms. The number of likely N-dealkylation sites (tertiary alicyclic amines) is 1. The van der Waals surface area contributed by atoms with E-state index in [0.29, 0.717) is 26.0 Å². The minimum Gasteiger partial charge on any atom is -0.481 e. The molecule has 1 saturated heterocycles. The van der Waals surface area contributed by atoms with E-state index in [2.05, 4.69) is 4.98 Å². The van der Waals surface area contributed by atoms with Crippen LogP contribution in [0.3, 0.4) is 0 Å². The standard InChI is InChI=1S/C19H20F2N2O5/c1-2-26-19(25)12-5-4-8-23(9-12)18(24)14-10-28-16(22-14)11-27-15-7-3-6-13(20)17(15)21/h3,6-7,10,12H,2,4-5,8-9,11H2,1H3. The highest BCUT2D eigenvalue weighted by atomic mass is 19.2. The number of nitrogens with zero attached hydrogens (tertiary/aromatic N) is 2. The Bertz CT molecular complexity index is 855. The van der Waals surface area contributed by atoms with Gasteiger partial charge in [0.15, 0.2) is 23.9 Å². The molecular formula is C19H20F2N2O5. The summed E-state index contributed by atoms with van der Waals surface area (Å²) < 4.78 is 42.1. The monoisotopic (exact) mass is 394 g/mol. The first kappa shape index (κ1) is 19.8. The average molecular weight is 394 g/mol. The van der Waals surface area contributed by atoms with Crippen LogP contribution in [-0.2, 0) is 16.1 Å². The second kappa shape index (κ2) is 8.81. The SMILES string of the molecule is CCOC(=O)C1CCCN(C(=O)c2coc(COc3cccc(F)c3F)n2)C1. The third-order valence-corrected chi connectivity index (χ3v) is 4.37. The summed E-state index contributed by atoms with van der Waals surface area (Å²) in [5, 5.41) is 0. The van der Waals surface area contributed by atoms with Gasteiger partial charge < -0.3 is 18.8 Å². The van der Waals surface area contributed by atoms with Gasteiger partial charge in [-0.15, -0.1) is 0 Å². The lowest BCUT2D eigenvalue weighted by Crippen LogP contribution is -2.43. The highest BCUT2D eigenvalue weighted by Gasteiger charge is 2.31. The van der Waals surface area contributed by atoms with Crippen LogP contribution in [0.2, 0.25) is 0 Å². The van der Waals surface area contributed by atoms with Gasteiger partial charge in [0.1, 0.15) is 6.26 Å². The van der Waals surface area contributed by atoms with Crippen molar-refractivity contribution in [3.05, 3.63) is 47.7 Å². The first-order valence-corrected chi connectivity index (χ1v) is 8.96. The molecule has 2 heterocycles. The van der Waals surface area contributed by atoms with Gasteiger partial charge in [-0.3, -0.25) is 9.59 Å². The van der Waals surface area contributed by atoms with E-state index in [4.69, 9.17) is 13.9 Å². The largest absolute Gasteiger partial charge is 0.481 e. The number of hydrogen-bond acceptors (Lipinski definition) is 6. The molecule has 1 amide bonds. The molecule has 0 saturated carbocycles. The Morgan fingerprint density at radius 1 is 1.36 bits per heavy atom. The normalized spacial score (nSPS) is 16.7. The molecule has 0 spiro atoms. The van der Waals surface area contributed by atoms with Crippen LogP contribution in [0.15, 0.2) is 28.9 Å². The van der Waals surface area contributed by atoms with Gasteiger partial charge in [-0.2, -0.15) is 4.39 Å². The molecule has 0 radical (unpaired) electrons. The first-order valence-electron chi connectivity index (χ1n) is 8.96. The van der Waals surface area contributed by atoms with E-state index in [0.717, 1.165) is 6.07 Å². The van der Waals surface area contributed by atoms with Gasteiger partial charge in [-0.05, 0) is 31.9 Å². The number of ether oxygens (including phenoxy) is 2. The van der Waals surface area contributed by atoms with Crippen LogP contribution in [0.5, 0.6) is 5.75 Å². The fourth-order valence-electron chi connectivity index (χ4n) is 2.99. The van der Waals surface area contributed by atoms with Gasteiger partial charge >= 0.3 is 5.97 Å². The van der Waals surface area contributed by atoms with Crippen LogP contribution < -0.4 is 4.74 Å². The van der Waals surface area contributed by atoms with Crippen molar-refractivity contribution >= 4 is 11.9 Å². The summed E-state index contributed by atoms with van der Waals surface area (Å²) in [5.74, 6) is -3.41. The van der Waals surface area contributed by atoms with Gasteiger partial charge in [0, 0.05) is 13.1 Å². The van der Waals surface area contributed by atoms with Gasteiger partial charge in [0.25, 0.3) is 5.91 Å². The molecule has 2 aromatic rings. The highest BCUT2D eigenvalue weighted by Crippen LogP contribution is 2.22. The number of esters is 1. The van der Waals surface area contributed by atoms with Crippen LogP contribution in [0.4, 0.5) is 8.78 Å². The molecule has 1 aliphatic rings. The fourth-order valence-corrected chi connectivity index (χ4v) is 2.99. The second-order valence-corrected chi connectivity index (χ2v) is 6.31. The quantitative estimate of drug-likeness (QED) is 0.701. The maximum absolute atomic E-state index is 13.6. The van der Waals surface area contributed by atoms with Crippen LogP contribution in [0.1, 0.15) is 36.1 Å². The van der Waals surface area contributed by atoms with Gasteiger partial charge in [-0.1, -0.05) is 6.07 Å². The van der Waals surface area contributed by atoms with Crippen molar-refractivity contribution in [1.29, 1.82) is 0 Å².